The number of Topliss-reactive ketones (excluding diaryl/α,β-unsaturated/α-hetero) is 1. The summed E-state index contributed by atoms with van der Waals surface area (Å²) in [5, 5.41) is 0. The van der Waals surface area contributed by atoms with E-state index in [4.69, 9.17) is 4.74 Å². The van der Waals surface area contributed by atoms with Crippen LogP contribution in [0.4, 0.5) is 0 Å². The standard InChI is InChI=1S/C18H26O2/c1-4-15-6-8-16(9-7-15)18(19)12-20-17-10-5-13(2)14(3)11-17/h6-9,13-14,17H,4-5,10-12H2,1-3H3. The molecule has 0 N–H and O–H groups in total. The number of hydrogen-bond donors (Lipinski definition) is 0. The number of aryl methyl sites for hydroxylation is 1. The van der Waals surface area contributed by atoms with Crippen LogP contribution in [0.15, 0.2) is 24.3 Å². The maximum absolute atomic E-state index is 12.1. The summed E-state index contributed by atoms with van der Waals surface area (Å²) in [5.41, 5.74) is 2.02. The van der Waals surface area contributed by atoms with E-state index >= 15 is 0 Å². The molecule has 3 unspecified atom stereocenters. The molecule has 20 heavy (non-hydrogen) atoms. The van der Waals surface area contributed by atoms with Crippen molar-refractivity contribution in [3.05, 3.63) is 35.4 Å². The van der Waals surface area contributed by atoms with Crippen molar-refractivity contribution < 1.29 is 9.53 Å². The van der Waals surface area contributed by atoms with Crippen molar-refractivity contribution in [1.29, 1.82) is 0 Å². The summed E-state index contributed by atoms with van der Waals surface area (Å²) < 4.78 is 5.82. The second kappa shape index (κ2) is 7.03. The molecule has 1 aliphatic carbocycles. The number of benzene rings is 1. The average molecular weight is 274 g/mol. The van der Waals surface area contributed by atoms with E-state index in [1.165, 1.54) is 12.0 Å². The largest absolute Gasteiger partial charge is 0.370 e. The normalized spacial score (nSPS) is 26.4. The minimum atomic E-state index is 0.0962. The molecule has 2 heteroatoms. The predicted molar refractivity (Wildman–Crippen MR) is 82.1 cm³/mol. The van der Waals surface area contributed by atoms with Gasteiger partial charge in [0.2, 0.25) is 0 Å². The third-order valence-electron chi connectivity index (χ3n) is 4.68. The summed E-state index contributed by atoms with van der Waals surface area (Å²) in [6.45, 7) is 6.93. The Morgan fingerprint density at radius 2 is 1.85 bits per heavy atom. The lowest BCUT2D eigenvalue weighted by atomic mass is 9.80. The van der Waals surface area contributed by atoms with Gasteiger partial charge in [-0.05, 0) is 43.1 Å². The van der Waals surface area contributed by atoms with E-state index < -0.39 is 0 Å². The molecule has 1 aliphatic rings. The van der Waals surface area contributed by atoms with Crippen molar-refractivity contribution in [1.82, 2.24) is 0 Å². The molecular formula is C18H26O2. The molecule has 1 aromatic rings. The molecule has 0 spiro atoms. The molecule has 2 nitrogen and oxygen atoms in total. The Labute approximate surface area is 122 Å². The third-order valence-corrected chi connectivity index (χ3v) is 4.68. The van der Waals surface area contributed by atoms with Gasteiger partial charge in [0.25, 0.3) is 0 Å². The minimum Gasteiger partial charge on any atom is -0.370 e. The Morgan fingerprint density at radius 1 is 1.15 bits per heavy atom. The van der Waals surface area contributed by atoms with E-state index in [0.29, 0.717) is 5.92 Å². The average Bonchev–Trinajstić information content (AvgIpc) is 2.48. The number of ether oxygens (including phenoxy) is 1. The first kappa shape index (κ1) is 15.2. The highest BCUT2D eigenvalue weighted by atomic mass is 16.5. The number of rotatable bonds is 5. The van der Waals surface area contributed by atoms with Crippen LogP contribution in [0.5, 0.6) is 0 Å². The first-order valence-corrected chi connectivity index (χ1v) is 7.84. The van der Waals surface area contributed by atoms with Gasteiger partial charge in [0.1, 0.15) is 6.61 Å². The van der Waals surface area contributed by atoms with Crippen molar-refractivity contribution >= 4 is 5.78 Å². The molecule has 110 valence electrons. The van der Waals surface area contributed by atoms with Crippen molar-refractivity contribution in [2.75, 3.05) is 6.61 Å². The van der Waals surface area contributed by atoms with E-state index in [9.17, 15) is 4.79 Å². The van der Waals surface area contributed by atoms with Crippen LogP contribution in [0, 0.1) is 11.8 Å². The Kier molecular flexibility index (Phi) is 5.36. The summed E-state index contributed by atoms with van der Waals surface area (Å²) in [7, 11) is 0. The highest BCUT2D eigenvalue weighted by molar-refractivity contribution is 5.97. The second-order valence-electron chi connectivity index (χ2n) is 6.17. The molecule has 0 radical (unpaired) electrons. The lowest BCUT2D eigenvalue weighted by Gasteiger charge is -2.31. The summed E-state index contributed by atoms with van der Waals surface area (Å²) in [6.07, 6.45) is 4.66. The van der Waals surface area contributed by atoms with Crippen molar-refractivity contribution in [2.24, 2.45) is 11.8 Å². The van der Waals surface area contributed by atoms with Gasteiger partial charge in [-0.25, -0.2) is 0 Å². The van der Waals surface area contributed by atoms with Gasteiger partial charge in [0.15, 0.2) is 5.78 Å². The Morgan fingerprint density at radius 3 is 2.45 bits per heavy atom. The maximum atomic E-state index is 12.1. The number of ketones is 1. The first-order valence-electron chi connectivity index (χ1n) is 7.84. The van der Waals surface area contributed by atoms with Crippen LogP contribution in [-0.4, -0.2) is 18.5 Å². The molecule has 0 heterocycles. The van der Waals surface area contributed by atoms with Gasteiger partial charge >= 0.3 is 0 Å². The van der Waals surface area contributed by atoms with Gasteiger partial charge in [0, 0.05) is 5.56 Å². The van der Waals surface area contributed by atoms with Crippen LogP contribution in [0.25, 0.3) is 0 Å². The monoisotopic (exact) mass is 274 g/mol. The van der Waals surface area contributed by atoms with E-state index in [1.54, 1.807) is 0 Å². The molecule has 1 aromatic carbocycles. The Hall–Kier alpha value is -1.15. The summed E-state index contributed by atoms with van der Waals surface area (Å²) in [4.78, 5) is 12.1. The lowest BCUT2D eigenvalue weighted by Crippen LogP contribution is -2.28. The predicted octanol–water partition coefficient (Wildman–Crippen LogP) is 4.27. The zero-order valence-corrected chi connectivity index (χ0v) is 12.9. The van der Waals surface area contributed by atoms with Crippen LogP contribution in [-0.2, 0) is 11.2 Å². The third kappa shape index (κ3) is 3.92. The molecule has 0 amide bonds. The second-order valence-corrected chi connectivity index (χ2v) is 6.17. The van der Waals surface area contributed by atoms with E-state index in [0.717, 1.165) is 30.7 Å². The zero-order chi connectivity index (χ0) is 14.5. The molecule has 0 bridgehead atoms. The zero-order valence-electron chi connectivity index (χ0n) is 12.9. The summed E-state index contributed by atoms with van der Waals surface area (Å²) >= 11 is 0. The SMILES string of the molecule is CCc1ccc(C(=O)COC2CCC(C)C(C)C2)cc1. The van der Waals surface area contributed by atoms with Gasteiger partial charge in [-0.15, -0.1) is 0 Å². The summed E-state index contributed by atoms with van der Waals surface area (Å²) in [5.74, 6) is 1.58. The maximum Gasteiger partial charge on any atom is 0.188 e. The van der Waals surface area contributed by atoms with Crippen LogP contribution in [0.1, 0.15) is 56.0 Å². The van der Waals surface area contributed by atoms with E-state index in [1.807, 2.05) is 24.3 Å². The fraction of sp³-hybridized carbons (Fsp3) is 0.611. The Balaban J connectivity index is 1.82. The topological polar surface area (TPSA) is 26.3 Å². The van der Waals surface area contributed by atoms with Crippen LogP contribution >= 0.6 is 0 Å². The number of carbonyl (C=O) groups is 1. The van der Waals surface area contributed by atoms with Gasteiger partial charge < -0.3 is 4.74 Å². The minimum absolute atomic E-state index is 0.0962. The van der Waals surface area contributed by atoms with Crippen LogP contribution in [0.3, 0.4) is 0 Å². The lowest BCUT2D eigenvalue weighted by molar-refractivity contribution is 0.00708. The fourth-order valence-corrected chi connectivity index (χ4v) is 2.85. The molecule has 3 atom stereocenters. The van der Waals surface area contributed by atoms with Gasteiger partial charge in [0.05, 0.1) is 6.10 Å². The highest BCUT2D eigenvalue weighted by Gasteiger charge is 2.25. The van der Waals surface area contributed by atoms with Gasteiger partial charge in [-0.1, -0.05) is 45.0 Å². The van der Waals surface area contributed by atoms with Crippen LogP contribution < -0.4 is 0 Å². The molecule has 0 saturated heterocycles. The van der Waals surface area contributed by atoms with E-state index in [2.05, 4.69) is 20.8 Å². The molecule has 2 rings (SSSR count). The highest BCUT2D eigenvalue weighted by Crippen LogP contribution is 2.30. The molecule has 0 aliphatic heterocycles. The van der Waals surface area contributed by atoms with E-state index in [-0.39, 0.29) is 18.5 Å². The molecule has 0 aromatic heterocycles. The first-order chi connectivity index (χ1) is 9.60. The molecule has 1 fully saturated rings. The fourth-order valence-electron chi connectivity index (χ4n) is 2.85. The molecular weight excluding hydrogens is 248 g/mol. The van der Waals surface area contributed by atoms with Crippen LogP contribution in [0.2, 0.25) is 0 Å². The number of carbonyl (C=O) groups excluding carboxylic acids is 1. The van der Waals surface area contributed by atoms with Crippen molar-refractivity contribution in [3.63, 3.8) is 0 Å². The molecule has 1 saturated carbocycles. The number of hydrogen-bond acceptors (Lipinski definition) is 2. The Bertz CT molecular complexity index is 435. The smallest absolute Gasteiger partial charge is 0.188 e. The summed E-state index contributed by atoms with van der Waals surface area (Å²) in [6, 6.07) is 7.88. The van der Waals surface area contributed by atoms with Gasteiger partial charge in [-0.3, -0.25) is 4.79 Å². The van der Waals surface area contributed by atoms with Crippen molar-refractivity contribution in [3.8, 4) is 0 Å². The van der Waals surface area contributed by atoms with Crippen molar-refractivity contribution in [2.45, 2.75) is 52.6 Å². The quantitative estimate of drug-likeness (QED) is 0.749. The van der Waals surface area contributed by atoms with Gasteiger partial charge in [-0.2, -0.15) is 0 Å².